The Labute approximate surface area is 209 Å². The second kappa shape index (κ2) is 10.6. The van der Waals surface area contributed by atoms with Crippen LogP contribution < -0.4 is 5.32 Å². The maximum atomic E-state index is 14.3. The molecule has 2 atom stereocenters. The molecule has 1 amide bonds. The van der Waals surface area contributed by atoms with Crippen LogP contribution in [0.15, 0.2) is 72.1 Å². The molecule has 35 heavy (non-hydrogen) atoms. The van der Waals surface area contributed by atoms with E-state index in [0.29, 0.717) is 29.3 Å². The average molecular weight is 489 g/mol. The number of pyridine rings is 1. The van der Waals surface area contributed by atoms with Crippen molar-refractivity contribution in [3.8, 4) is 0 Å². The summed E-state index contributed by atoms with van der Waals surface area (Å²) in [5.41, 5.74) is 4.11. The zero-order valence-electron chi connectivity index (χ0n) is 19.8. The predicted octanol–water partition coefficient (Wildman–Crippen LogP) is 6.22. The van der Waals surface area contributed by atoms with Crippen molar-refractivity contribution in [2.45, 2.75) is 56.1 Å². The van der Waals surface area contributed by atoms with Crippen molar-refractivity contribution < 1.29 is 9.18 Å². The molecule has 2 heterocycles. The first-order valence-corrected chi connectivity index (χ1v) is 13.1. The number of benzene rings is 2. The van der Waals surface area contributed by atoms with Crippen molar-refractivity contribution in [2.75, 3.05) is 0 Å². The maximum absolute atomic E-state index is 14.3. The zero-order valence-corrected chi connectivity index (χ0v) is 20.6. The van der Waals surface area contributed by atoms with Gasteiger partial charge in [0.2, 0.25) is 0 Å². The molecule has 1 saturated carbocycles. The van der Waals surface area contributed by atoms with E-state index in [1.54, 1.807) is 36.3 Å². The summed E-state index contributed by atoms with van der Waals surface area (Å²) in [6.45, 7) is 2.61. The van der Waals surface area contributed by atoms with E-state index >= 15 is 0 Å². The van der Waals surface area contributed by atoms with Crippen LogP contribution in [0.2, 0.25) is 0 Å². The highest BCUT2D eigenvalue weighted by Gasteiger charge is 2.23. The minimum atomic E-state index is -0.231. The normalized spacial score (nSPS) is 18.0. The first kappa shape index (κ1) is 23.5. The van der Waals surface area contributed by atoms with Crippen molar-refractivity contribution in [3.05, 3.63) is 89.5 Å². The van der Waals surface area contributed by atoms with Crippen LogP contribution in [0.1, 0.15) is 54.1 Å². The van der Waals surface area contributed by atoms with Gasteiger partial charge in [-0.25, -0.2) is 9.37 Å². The van der Waals surface area contributed by atoms with Gasteiger partial charge in [-0.2, -0.15) is 0 Å². The molecule has 1 fully saturated rings. The van der Waals surface area contributed by atoms with Crippen LogP contribution in [-0.2, 0) is 12.3 Å². The fourth-order valence-corrected chi connectivity index (χ4v) is 5.66. The first-order chi connectivity index (χ1) is 17.1. The molecule has 0 spiro atoms. The van der Waals surface area contributed by atoms with Crippen LogP contribution >= 0.6 is 11.8 Å². The summed E-state index contributed by atoms with van der Waals surface area (Å²) in [5, 5.41) is 4.03. The van der Waals surface area contributed by atoms with Crippen LogP contribution in [0, 0.1) is 11.7 Å². The Morgan fingerprint density at radius 2 is 1.91 bits per heavy atom. The Hall–Kier alpha value is -3.19. The third-order valence-electron chi connectivity index (χ3n) is 6.81. The lowest BCUT2D eigenvalue weighted by Gasteiger charge is -2.29. The van der Waals surface area contributed by atoms with Crippen LogP contribution in [0.5, 0.6) is 0 Å². The summed E-state index contributed by atoms with van der Waals surface area (Å²) in [6.07, 6.45) is 8.17. The van der Waals surface area contributed by atoms with E-state index in [-0.39, 0.29) is 17.8 Å². The van der Waals surface area contributed by atoms with Gasteiger partial charge in [-0.1, -0.05) is 61.9 Å². The number of imidazole rings is 1. The van der Waals surface area contributed by atoms with Gasteiger partial charge in [-0.15, -0.1) is 0 Å². The van der Waals surface area contributed by atoms with Gasteiger partial charge in [0.05, 0.1) is 23.8 Å². The molecular weight excluding hydrogens is 459 g/mol. The lowest BCUT2D eigenvalue weighted by molar-refractivity contribution is 0.0910. The molecule has 5 rings (SSSR count). The number of rotatable bonds is 7. The lowest BCUT2D eigenvalue weighted by Crippen LogP contribution is -2.41. The standard InChI is InChI=1S/C28H29FN4OS/c1-19-6-2-5-9-24(19)31-27(34)21-12-10-20(11-13-21)18-35-28-32-25-14-15-30-16-26(25)33(28)17-22-7-3-4-8-23(22)29/h3-4,7-8,10-16,19,24H,2,5-6,9,17-18H2,1H3,(H,31,34)/t19-,24+/m0/s1. The van der Waals surface area contributed by atoms with Crippen LogP contribution in [0.4, 0.5) is 4.39 Å². The summed E-state index contributed by atoms with van der Waals surface area (Å²) >= 11 is 1.60. The molecule has 1 aliphatic rings. The summed E-state index contributed by atoms with van der Waals surface area (Å²) in [5.74, 6) is 0.991. The number of carbonyl (C=O) groups is 1. The van der Waals surface area contributed by atoms with Crippen molar-refractivity contribution in [2.24, 2.45) is 5.92 Å². The van der Waals surface area contributed by atoms with Crippen LogP contribution in [-0.4, -0.2) is 26.5 Å². The van der Waals surface area contributed by atoms with E-state index < -0.39 is 0 Å². The number of thioether (sulfide) groups is 1. The van der Waals surface area contributed by atoms with Crippen LogP contribution in [0.25, 0.3) is 11.0 Å². The topological polar surface area (TPSA) is 59.8 Å². The molecule has 0 unspecified atom stereocenters. The van der Waals surface area contributed by atoms with Gasteiger partial charge in [-0.05, 0) is 48.6 Å². The van der Waals surface area contributed by atoms with E-state index in [1.807, 2.05) is 41.0 Å². The number of carbonyl (C=O) groups excluding carboxylic acids is 1. The predicted molar refractivity (Wildman–Crippen MR) is 138 cm³/mol. The molecule has 2 aromatic heterocycles. The maximum Gasteiger partial charge on any atom is 0.251 e. The number of aromatic nitrogens is 3. The van der Waals surface area contributed by atoms with Gasteiger partial charge in [0, 0.05) is 29.1 Å². The Morgan fingerprint density at radius 1 is 1.11 bits per heavy atom. The fraction of sp³-hybridized carbons (Fsp3) is 0.321. The summed E-state index contributed by atoms with van der Waals surface area (Å²) in [7, 11) is 0. The molecule has 1 N–H and O–H groups in total. The van der Waals surface area contributed by atoms with E-state index in [9.17, 15) is 9.18 Å². The number of hydrogen-bond acceptors (Lipinski definition) is 4. The number of nitrogens with zero attached hydrogens (tertiary/aromatic N) is 3. The van der Waals surface area contributed by atoms with Crippen LogP contribution in [0.3, 0.4) is 0 Å². The molecule has 0 bridgehead atoms. The van der Waals surface area contributed by atoms with Gasteiger partial charge in [-0.3, -0.25) is 9.78 Å². The SMILES string of the molecule is C[C@H]1CCCC[C@H]1NC(=O)c1ccc(CSc2nc3ccncc3n2Cc2ccccc2F)cc1. The molecule has 2 aromatic carbocycles. The zero-order chi connectivity index (χ0) is 24.2. The molecule has 5 nitrogen and oxygen atoms in total. The first-order valence-electron chi connectivity index (χ1n) is 12.1. The molecule has 1 aliphatic carbocycles. The van der Waals surface area contributed by atoms with Crippen molar-refractivity contribution >= 4 is 28.7 Å². The second-order valence-electron chi connectivity index (χ2n) is 9.26. The number of nitrogens with one attached hydrogen (secondary N) is 1. The Morgan fingerprint density at radius 3 is 2.71 bits per heavy atom. The van der Waals surface area contributed by atoms with Gasteiger partial charge in [0.25, 0.3) is 5.91 Å². The molecule has 0 radical (unpaired) electrons. The number of fused-ring (bicyclic) bond motifs is 1. The number of amides is 1. The monoisotopic (exact) mass is 488 g/mol. The van der Waals surface area contributed by atoms with Crippen molar-refractivity contribution in [1.29, 1.82) is 0 Å². The van der Waals surface area contributed by atoms with E-state index in [1.165, 1.54) is 25.3 Å². The average Bonchev–Trinajstić information content (AvgIpc) is 3.23. The largest absolute Gasteiger partial charge is 0.349 e. The smallest absolute Gasteiger partial charge is 0.251 e. The summed E-state index contributed by atoms with van der Waals surface area (Å²) < 4.78 is 16.4. The van der Waals surface area contributed by atoms with Gasteiger partial charge in [0.1, 0.15) is 5.82 Å². The highest BCUT2D eigenvalue weighted by Crippen LogP contribution is 2.28. The Kier molecular flexibility index (Phi) is 7.13. The molecule has 7 heteroatoms. The number of hydrogen-bond donors (Lipinski definition) is 1. The molecule has 0 aliphatic heterocycles. The van der Waals surface area contributed by atoms with Gasteiger partial charge in [0.15, 0.2) is 5.16 Å². The highest BCUT2D eigenvalue weighted by atomic mass is 32.2. The summed E-state index contributed by atoms with van der Waals surface area (Å²) in [6, 6.07) is 16.7. The minimum Gasteiger partial charge on any atom is -0.349 e. The molecule has 4 aromatic rings. The highest BCUT2D eigenvalue weighted by molar-refractivity contribution is 7.98. The Bertz CT molecular complexity index is 1320. The van der Waals surface area contributed by atoms with E-state index in [0.717, 1.165) is 28.2 Å². The van der Waals surface area contributed by atoms with Gasteiger partial charge < -0.3 is 9.88 Å². The second-order valence-corrected chi connectivity index (χ2v) is 10.2. The summed E-state index contributed by atoms with van der Waals surface area (Å²) in [4.78, 5) is 21.7. The van der Waals surface area contributed by atoms with E-state index in [4.69, 9.17) is 4.98 Å². The number of halogens is 1. The minimum absolute atomic E-state index is 0.00198. The van der Waals surface area contributed by atoms with Gasteiger partial charge >= 0.3 is 0 Å². The van der Waals surface area contributed by atoms with E-state index in [2.05, 4.69) is 17.2 Å². The Balaban J connectivity index is 1.29. The third-order valence-corrected chi connectivity index (χ3v) is 7.86. The van der Waals surface area contributed by atoms with Crippen molar-refractivity contribution in [1.82, 2.24) is 19.9 Å². The fourth-order valence-electron chi connectivity index (χ4n) is 4.69. The lowest BCUT2D eigenvalue weighted by atomic mass is 9.86. The quantitative estimate of drug-likeness (QED) is 0.314. The third kappa shape index (κ3) is 5.40. The molecule has 180 valence electrons. The molecular formula is C28H29FN4OS. The molecule has 0 saturated heterocycles. The van der Waals surface area contributed by atoms with Crippen molar-refractivity contribution in [3.63, 3.8) is 0 Å².